The van der Waals surface area contributed by atoms with Gasteiger partial charge in [-0.05, 0) is 30.2 Å². The first-order valence-corrected chi connectivity index (χ1v) is 5.74. The largest absolute Gasteiger partial charge is 0.392 e. The number of aliphatic hydroxyl groups is 1. The summed E-state index contributed by atoms with van der Waals surface area (Å²) >= 11 is 11.8. The van der Waals surface area contributed by atoms with Crippen molar-refractivity contribution in [1.29, 1.82) is 0 Å². The Kier molecular flexibility index (Phi) is 3.52. The first-order valence-electron chi connectivity index (χ1n) is 4.99. The molecule has 1 aromatic rings. The summed E-state index contributed by atoms with van der Waals surface area (Å²) < 4.78 is 0. The van der Waals surface area contributed by atoms with Crippen LogP contribution in [0.25, 0.3) is 0 Å². The summed E-state index contributed by atoms with van der Waals surface area (Å²) in [5, 5.41) is 10.7. The molecule has 0 radical (unpaired) electrons. The Bertz CT molecular complexity index is 336. The number of halogens is 2. The summed E-state index contributed by atoms with van der Waals surface area (Å²) in [6.07, 6.45) is 0.675. The van der Waals surface area contributed by atoms with Gasteiger partial charge in [-0.15, -0.1) is 0 Å². The maximum absolute atomic E-state index is 9.39. The van der Waals surface area contributed by atoms with Gasteiger partial charge in [0.25, 0.3) is 0 Å². The van der Waals surface area contributed by atoms with Crippen molar-refractivity contribution in [2.75, 3.05) is 13.1 Å². The highest BCUT2D eigenvalue weighted by atomic mass is 35.5. The van der Waals surface area contributed by atoms with Crippen LogP contribution >= 0.6 is 23.2 Å². The standard InChI is InChI=1S/C11H13Cl2NO/c12-9-3-8(4-10(13)5-9)6-14-2-1-11(15)7-14/h3-5,11,15H,1-2,6-7H2/t11-/m1/s1. The second kappa shape index (κ2) is 4.71. The minimum absolute atomic E-state index is 0.181. The van der Waals surface area contributed by atoms with Gasteiger partial charge in [-0.2, -0.15) is 0 Å². The van der Waals surface area contributed by atoms with E-state index < -0.39 is 0 Å². The highest BCUT2D eigenvalue weighted by molar-refractivity contribution is 6.34. The molecule has 82 valence electrons. The van der Waals surface area contributed by atoms with Gasteiger partial charge in [0.05, 0.1) is 6.10 Å². The van der Waals surface area contributed by atoms with E-state index in [1.807, 2.05) is 12.1 Å². The number of rotatable bonds is 2. The van der Waals surface area contributed by atoms with Crippen molar-refractivity contribution in [1.82, 2.24) is 4.90 Å². The number of hydrogen-bond acceptors (Lipinski definition) is 2. The molecular formula is C11H13Cl2NO. The lowest BCUT2D eigenvalue weighted by Gasteiger charge is -2.15. The lowest BCUT2D eigenvalue weighted by molar-refractivity contribution is 0.175. The number of aliphatic hydroxyl groups excluding tert-OH is 1. The maximum Gasteiger partial charge on any atom is 0.0679 e. The first kappa shape index (κ1) is 11.2. The van der Waals surface area contributed by atoms with Crippen molar-refractivity contribution in [2.45, 2.75) is 19.1 Å². The van der Waals surface area contributed by atoms with Gasteiger partial charge in [0.1, 0.15) is 0 Å². The predicted molar refractivity (Wildman–Crippen MR) is 62.4 cm³/mol. The van der Waals surface area contributed by atoms with Crippen molar-refractivity contribution >= 4 is 23.2 Å². The molecule has 0 saturated carbocycles. The molecule has 1 aromatic carbocycles. The van der Waals surface area contributed by atoms with Gasteiger partial charge in [0, 0.05) is 29.7 Å². The summed E-state index contributed by atoms with van der Waals surface area (Å²) in [6.45, 7) is 2.48. The number of nitrogens with zero attached hydrogens (tertiary/aromatic N) is 1. The monoisotopic (exact) mass is 245 g/mol. The van der Waals surface area contributed by atoms with Crippen LogP contribution in [0, 0.1) is 0 Å². The molecule has 1 aliphatic rings. The Morgan fingerprint density at radius 3 is 2.47 bits per heavy atom. The molecule has 0 bridgehead atoms. The molecule has 0 spiro atoms. The molecule has 0 amide bonds. The number of likely N-dealkylation sites (tertiary alicyclic amines) is 1. The number of benzene rings is 1. The molecular weight excluding hydrogens is 233 g/mol. The second-order valence-electron chi connectivity index (χ2n) is 3.96. The van der Waals surface area contributed by atoms with Crippen molar-refractivity contribution in [3.05, 3.63) is 33.8 Å². The number of β-amino-alcohol motifs (C(OH)–C–C–N with tert-alkyl or cyclic N) is 1. The molecule has 0 unspecified atom stereocenters. The normalized spacial score (nSPS) is 22.2. The third-order valence-corrected chi connectivity index (χ3v) is 3.01. The zero-order valence-corrected chi connectivity index (χ0v) is 9.80. The highest BCUT2D eigenvalue weighted by Crippen LogP contribution is 2.21. The zero-order chi connectivity index (χ0) is 10.8. The van der Waals surface area contributed by atoms with Crippen molar-refractivity contribution in [2.24, 2.45) is 0 Å². The SMILES string of the molecule is O[C@@H]1CCN(Cc2cc(Cl)cc(Cl)c2)C1. The summed E-state index contributed by atoms with van der Waals surface area (Å²) in [4.78, 5) is 2.20. The van der Waals surface area contributed by atoms with Crippen LogP contribution in [0.5, 0.6) is 0 Å². The molecule has 1 saturated heterocycles. The minimum Gasteiger partial charge on any atom is -0.392 e. The fourth-order valence-corrected chi connectivity index (χ4v) is 2.49. The molecule has 1 heterocycles. The van der Waals surface area contributed by atoms with Gasteiger partial charge in [-0.1, -0.05) is 23.2 Å². The molecule has 1 fully saturated rings. The predicted octanol–water partition coefficient (Wildman–Crippen LogP) is 2.56. The van der Waals surface area contributed by atoms with Gasteiger partial charge in [0.15, 0.2) is 0 Å². The van der Waals surface area contributed by atoms with Crippen LogP contribution < -0.4 is 0 Å². The van der Waals surface area contributed by atoms with Crippen molar-refractivity contribution < 1.29 is 5.11 Å². The second-order valence-corrected chi connectivity index (χ2v) is 4.83. The molecule has 0 aliphatic carbocycles. The van der Waals surface area contributed by atoms with Crippen LogP contribution in [0.4, 0.5) is 0 Å². The lowest BCUT2D eigenvalue weighted by Crippen LogP contribution is -2.21. The van der Waals surface area contributed by atoms with Crippen LogP contribution in [-0.4, -0.2) is 29.2 Å². The van der Waals surface area contributed by atoms with E-state index in [-0.39, 0.29) is 6.10 Å². The summed E-state index contributed by atoms with van der Waals surface area (Å²) in [5.74, 6) is 0. The van der Waals surface area contributed by atoms with E-state index in [0.29, 0.717) is 10.0 Å². The van der Waals surface area contributed by atoms with Gasteiger partial charge in [0.2, 0.25) is 0 Å². The zero-order valence-electron chi connectivity index (χ0n) is 8.29. The van der Waals surface area contributed by atoms with Gasteiger partial charge in [-0.25, -0.2) is 0 Å². The topological polar surface area (TPSA) is 23.5 Å². The van der Waals surface area contributed by atoms with E-state index in [4.69, 9.17) is 23.2 Å². The van der Waals surface area contributed by atoms with Crippen LogP contribution in [-0.2, 0) is 6.54 Å². The van der Waals surface area contributed by atoms with Crippen LogP contribution in [0.2, 0.25) is 10.0 Å². The first-order chi connectivity index (χ1) is 7.13. The van der Waals surface area contributed by atoms with E-state index in [1.54, 1.807) is 6.07 Å². The van der Waals surface area contributed by atoms with E-state index in [2.05, 4.69) is 4.90 Å². The van der Waals surface area contributed by atoms with Crippen molar-refractivity contribution in [3.8, 4) is 0 Å². The Hall–Kier alpha value is -0.280. The Morgan fingerprint density at radius 1 is 1.27 bits per heavy atom. The van der Waals surface area contributed by atoms with Gasteiger partial charge >= 0.3 is 0 Å². The smallest absolute Gasteiger partial charge is 0.0679 e. The third kappa shape index (κ3) is 3.08. The van der Waals surface area contributed by atoms with Crippen LogP contribution in [0.15, 0.2) is 18.2 Å². The molecule has 0 aromatic heterocycles. The summed E-state index contributed by atoms with van der Waals surface area (Å²) in [5.41, 5.74) is 1.10. The molecule has 1 aliphatic heterocycles. The van der Waals surface area contributed by atoms with E-state index >= 15 is 0 Å². The molecule has 2 nitrogen and oxygen atoms in total. The highest BCUT2D eigenvalue weighted by Gasteiger charge is 2.19. The van der Waals surface area contributed by atoms with E-state index in [0.717, 1.165) is 31.6 Å². The Morgan fingerprint density at radius 2 is 1.93 bits per heavy atom. The fourth-order valence-electron chi connectivity index (χ4n) is 1.92. The quantitative estimate of drug-likeness (QED) is 0.866. The molecule has 2 rings (SSSR count). The average Bonchev–Trinajstić information content (AvgIpc) is 2.49. The van der Waals surface area contributed by atoms with Crippen LogP contribution in [0.3, 0.4) is 0 Å². The van der Waals surface area contributed by atoms with Gasteiger partial charge in [-0.3, -0.25) is 4.90 Å². The van der Waals surface area contributed by atoms with Crippen LogP contribution in [0.1, 0.15) is 12.0 Å². The maximum atomic E-state index is 9.39. The number of hydrogen-bond donors (Lipinski definition) is 1. The van der Waals surface area contributed by atoms with Gasteiger partial charge < -0.3 is 5.11 Å². The summed E-state index contributed by atoms with van der Waals surface area (Å²) in [7, 11) is 0. The molecule has 4 heteroatoms. The van der Waals surface area contributed by atoms with Crippen molar-refractivity contribution in [3.63, 3.8) is 0 Å². The molecule has 15 heavy (non-hydrogen) atoms. The Labute approximate surface area is 99.4 Å². The third-order valence-electron chi connectivity index (χ3n) is 2.58. The molecule has 1 N–H and O–H groups in total. The van der Waals surface area contributed by atoms with E-state index in [1.165, 1.54) is 0 Å². The summed E-state index contributed by atoms with van der Waals surface area (Å²) in [6, 6.07) is 5.56. The molecule has 1 atom stereocenters. The Balaban J connectivity index is 2.04. The van der Waals surface area contributed by atoms with E-state index in [9.17, 15) is 5.11 Å². The lowest BCUT2D eigenvalue weighted by atomic mass is 10.2. The fraction of sp³-hybridized carbons (Fsp3) is 0.455. The minimum atomic E-state index is -0.181. The average molecular weight is 246 g/mol.